The van der Waals surface area contributed by atoms with Gasteiger partial charge in [0.1, 0.15) is 18.8 Å². The highest BCUT2D eigenvalue weighted by Gasteiger charge is 2.33. The van der Waals surface area contributed by atoms with Crippen molar-refractivity contribution in [2.45, 2.75) is 33.3 Å². The van der Waals surface area contributed by atoms with Crippen molar-refractivity contribution in [2.24, 2.45) is 5.41 Å². The average molecular weight is 603 g/mol. The molecule has 0 aliphatic rings. The van der Waals surface area contributed by atoms with Crippen molar-refractivity contribution >= 4 is 41.2 Å². The number of benzene rings is 2. The minimum absolute atomic E-state index is 0.0350. The molecule has 2 unspecified atom stereocenters. The highest BCUT2D eigenvalue weighted by atomic mass is 16.7. The van der Waals surface area contributed by atoms with E-state index in [0.29, 0.717) is 17.8 Å². The fourth-order valence-electron chi connectivity index (χ4n) is 3.52. The second kappa shape index (κ2) is 17.4. The molecule has 14 heteroatoms. The first-order valence-electron chi connectivity index (χ1n) is 13.3. The van der Waals surface area contributed by atoms with E-state index in [1.807, 2.05) is 36.4 Å². The number of carbonyl (C=O) groups excluding carboxylic acids is 4. The Kier molecular flexibility index (Phi) is 14.1. The molecule has 0 bridgehead atoms. The molecule has 0 aliphatic heterocycles. The molecule has 0 fully saturated rings. The summed E-state index contributed by atoms with van der Waals surface area (Å²) in [6.45, 7) is 3.66. The van der Waals surface area contributed by atoms with Crippen LogP contribution in [-0.2, 0) is 44.5 Å². The van der Waals surface area contributed by atoms with Gasteiger partial charge in [0.15, 0.2) is 0 Å². The maximum atomic E-state index is 12.2. The molecular formula is C29H38N4O10. The van der Waals surface area contributed by atoms with Gasteiger partial charge in [-0.15, -0.1) is 0 Å². The van der Waals surface area contributed by atoms with E-state index in [-0.39, 0.29) is 39.2 Å². The first-order chi connectivity index (χ1) is 20.4. The van der Waals surface area contributed by atoms with Crippen LogP contribution in [0.15, 0.2) is 48.5 Å². The number of carbonyl (C=O) groups is 5. The van der Waals surface area contributed by atoms with E-state index in [9.17, 15) is 29.1 Å². The van der Waals surface area contributed by atoms with E-state index in [0.717, 1.165) is 11.1 Å². The maximum absolute atomic E-state index is 12.2. The number of methoxy groups -OCH3 is 1. The lowest BCUT2D eigenvalue weighted by Crippen LogP contribution is -2.42. The van der Waals surface area contributed by atoms with Crippen molar-refractivity contribution in [3.05, 3.63) is 59.7 Å². The molecule has 0 heterocycles. The normalized spacial score (nSPS) is 12.7. The summed E-state index contributed by atoms with van der Waals surface area (Å²) in [5.41, 5.74) is 1.92. The summed E-state index contributed by atoms with van der Waals surface area (Å²) in [6.07, 6.45) is -0.779. The van der Waals surface area contributed by atoms with Crippen LogP contribution in [0.5, 0.6) is 0 Å². The van der Waals surface area contributed by atoms with E-state index in [4.69, 9.17) is 18.9 Å². The van der Waals surface area contributed by atoms with Gasteiger partial charge in [0.25, 0.3) is 0 Å². The quantitative estimate of drug-likeness (QED) is 0.108. The SMILES string of the molecule is COCC(C)(COCOC(C)COC(=O)NCNC(=O)C(=O)Nc1ccc(Cc2ccc(NC(C)=O)cc2)cc1)C(=O)O. The van der Waals surface area contributed by atoms with Crippen molar-refractivity contribution < 1.29 is 48.0 Å². The van der Waals surface area contributed by atoms with Crippen LogP contribution in [0.25, 0.3) is 0 Å². The lowest BCUT2D eigenvalue weighted by atomic mass is 9.93. The van der Waals surface area contributed by atoms with E-state index < -0.39 is 35.4 Å². The summed E-state index contributed by atoms with van der Waals surface area (Å²) >= 11 is 0. The van der Waals surface area contributed by atoms with Gasteiger partial charge in [-0.1, -0.05) is 24.3 Å². The Labute approximate surface area is 249 Å². The molecule has 2 aromatic rings. The zero-order valence-corrected chi connectivity index (χ0v) is 24.6. The summed E-state index contributed by atoms with van der Waals surface area (Å²) < 4.78 is 20.5. The molecule has 0 saturated carbocycles. The van der Waals surface area contributed by atoms with Crippen LogP contribution < -0.4 is 21.3 Å². The predicted molar refractivity (Wildman–Crippen MR) is 155 cm³/mol. The van der Waals surface area contributed by atoms with Crippen LogP contribution in [0.2, 0.25) is 0 Å². The third-order valence-corrected chi connectivity index (χ3v) is 5.87. The molecule has 2 aromatic carbocycles. The standard InChI is InChI=1S/C29H38N4O10/c1-19(43-18-41-16-29(3,15-40-4)27(37)38)14-42-28(39)31-17-30-25(35)26(36)33-24-11-7-22(8-12-24)13-21-5-9-23(10-6-21)32-20(2)34/h5-12,19H,13-18H2,1-4H3,(H,30,35)(H,31,39)(H,32,34)(H,33,36)(H,37,38). The van der Waals surface area contributed by atoms with Gasteiger partial charge in [0, 0.05) is 25.4 Å². The number of ether oxygens (including phenoxy) is 4. The maximum Gasteiger partial charge on any atom is 0.408 e. The molecule has 2 rings (SSSR count). The number of anilines is 2. The Morgan fingerprint density at radius 2 is 1.44 bits per heavy atom. The van der Waals surface area contributed by atoms with Gasteiger partial charge in [-0.2, -0.15) is 0 Å². The number of hydrogen-bond donors (Lipinski definition) is 5. The Morgan fingerprint density at radius 3 is 1.98 bits per heavy atom. The minimum atomic E-state index is -1.23. The summed E-state index contributed by atoms with van der Waals surface area (Å²) in [7, 11) is 1.39. The molecule has 2 atom stereocenters. The Bertz CT molecular complexity index is 1240. The van der Waals surface area contributed by atoms with E-state index in [1.54, 1.807) is 19.1 Å². The monoisotopic (exact) mass is 602 g/mol. The second-order valence-electron chi connectivity index (χ2n) is 9.91. The molecule has 0 saturated heterocycles. The molecule has 0 aromatic heterocycles. The number of hydrogen-bond acceptors (Lipinski definition) is 9. The van der Waals surface area contributed by atoms with Gasteiger partial charge >= 0.3 is 23.9 Å². The summed E-state index contributed by atoms with van der Waals surface area (Å²) in [4.78, 5) is 58.6. The molecule has 43 heavy (non-hydrogen) atoms. The van der Waals surface area contributed by atoms with E-state index in [1.165, 1.54) is 21.0 Å². The number of carboxylic acid groups (broad SMARTS) is 1. The second-order valence-corrected chi connectivity index (χ2v) is 9.91. The molecule has 234 valence electrons. The fourth-order valence-corrected chi connectivity index (χ4v) is 3.52. The average Bonchev–Trinajstić information content (AvgIpc) is 2.96. The lowest BCUT2D eigenvalue weighted by molar-refractivity contribution is -0.163. The fraction of sp³-hybridized carbons (Fsp3) is 0.414. The van der Waals surface area contributed by atoms with Crippen LogP contribution in [0.4, 0.5) is 16.2 Å². The highest BCUT2D eigenvalue weighted by molar-refractivity contribution is 6.39. The van der Waals surface area contributed by atoms with Crippen LogP contribution >= 0.6 is 0 Å². The number of amides is 4. The molecule has 0 radical (unpaired) electrons. The number of alkyl carbamates (subject to hydrolysis) is 1. The number of rotatable bonds is 16. The number of aliphatic carboxylic acids is 1. The van der Waals surface area contributed by atoms with Crippen molar-refractivity contribution in [1.82, 2.24) is 10.6 Å². The lowest BCUT2D eigenvalue weighted by Gasteiger charge is -2.23. The molecule has 0 aliphatic carbocycles. The van der Waals surface area contributed by atoms with Gasteiger partial charge in [0.05, 0.1) is 26.0 Å². The highest BCUT2D eigenvalue weighted by Crippen LogP contribution is 2.18. The van der Waals surface area contributed by atoms with Crippen molar-refractivity contribution in [2.75, 3.05) is 51.0 Å². The van der Waals surface area contributed by atoms with Crippen LogP contribution in [0.3, 0.4) is 0 Å². The topological polar surface area (TPSA) is 191 Å². The molecule has 14 nitrogen and oxygen atoms in total. The first-order valence-corrected chi connectivity index (χ1v) is 13.3. The number of carboxylic acids is 1. The summed E-state index contributed by atoms with van der Waals surface area (Å²) in [6, 6.07) is 14.4. The third kappa shape index (κ3) is 12.9. The predicted octanol–water partition coefficient (Wildman–Crippen LogP) is 2.09. The zero-order chi connectivity index (χ0) is 31.8. The van der Waals surface area contributed by atoms with Gasteiger partial charge in [-0.3, -0.25) is 19.2 Å². The van der Waals surface area contributed by atoms with Gasteiger partial charge in [0.2, 0.25) is 5.91 Å². The molecule has 4 amide bonds. The minimum Gasteiger partial charge on any atom is -0.481 e. The van der Waals surface area contributed by atoms with Crippen molar-refractivity contribution in [1.29, 1.82) is 0 Å². The largest absolute Gasteiger partial charge is 0.481 e. The molecule has 5 N–H and O–H groups in total. The molecular weight excluding hydrogens is 564 g/mol. The first kappa shape index (κ1) is 34.7. The smallest absolute Gasteiger partial charge is 0.408 e. The Balaban J connectivity index is 1.63. The van der Waals surface area contributed by atoms with Gasteiger partial charge in [-0.05, 0) is 55.7 Å². The van der Waals surface area contributed by atoms with Crippen LogP contribution in [0.1, 0.15) is 31.9 Å². The Hall–Kier alpha value is -4.53. The number of nitrogens with one attached hydrogen (secondary N) is 4. The van der Waals surface area contributed by atoms with Crippen molar-refractivity contribution in [3.63, 3.8) is 0 Å². The van der Waals surface area contributed by atoms with E-state index in [2.05, 4.69) is 21.3 Å². The van der Waals surface area contributed by atoms with Gasteiger partial charge in [-0.25, -0.2) is 4.79 Å². The zero-order valence-electron chi connectivity index (χ0n) is 24.6. The molecule has 0 spiro atoms. The van der Waals surface area contributed by atoms with Gasteiger partial charge < -0.3 is 45.3 Å². The summed E-state index contributed by atoms with van der Waals surface area (Å²) in [5, 5.41) is 19.0. The van der Waals surface area contributed by atoms with Crippen LogP contribution in [-0.4, -0.2) is 81.4 Å². The van der Waals surface area contributed by atoms with Crippen molar-refractivity contribution in [3.8, 4) is 0 Å². The third-order valence-electron chi connectivity index (χ3n) is 5.87. The summed E-state index contributed by atoms with van der Waals surface area (Å²) in [5.74, 6) is -3.08. The Morgan fingerprint density at radius 1 is 0.860 bits per heavy atom. The van der Waals surface area contributed by atoms with E-state index >= 15 is 0 Å². The van der Waals surface area contributed by atoms with Crippen LogP contribution in [0, 0.1) is 5.41 Å².